The summed E-state index contributed by atoms with van der Waals surface area (Å²) in [7, 11) is 3.44. The van der Waals surface area contributed by atoms with Gasteiger partial charge in [-0.05, 0) is 26.5 Å². The first kappa shape index (κ1) is 14.0. The third-order valence-electron chi connectivity index (χ3n) is 2.99. The van der Waals surface area contributed by atoms with Crippen LogP contribution in [0.25, 0.3) is 0 Å². The number of ether oxygens (including phenoxy) is 2. The van der Waals surface area contributed by atoms with Gasteiger partial charge in [-0.2, -0.15) is 0 Å². The van der Waals surface area contributed by atoms with Crippen molar-refractivity contribution in [2.24, 2.45) is 0 Å². The van der Waals surface area contributed by atoms with E-state index in [-0.39, 0.29) is 12.1 Å². The smallest absolute Gasteiger partial charge is 0.123 e. The van der Waals surface area contributed by atoms with Gasteiger partial charge in [-0.15, -0.1) is 0 Å². The van der Waals surface area contributed by atoms with E-state index in [0.717, 1.165) is 17.9 Å². The predicted molar refractivity (Wildman–Crippen MR) is 70.6 cm³/mol. The standard InChI is InChI=1S/C14H23NO2/c1-6-15-14(11(3)16-4)12-9-10(2)7-8-13(12)17-5/h7-9,11,14-15H,6H2,1-5H3. The second-order valence-electron chi connectivity index (χ2n) is 4.22. The van der Waals surface area contributed by atoms with E-state index in [4.69, 9.17) is 9.47 Å². The molecule has 1 rings (SSSR count). The first-order chi connectivity index (χ1) is 8.13. The van der Waals surface area contributed by atoms with Crippen molar-refractivity contribution < 1.29 is 9.47 Å². The molecule has 0 aliphatic rings. The van der Waals surface area contributed by atoms with Crippen LogP contribution >= 0.6 is 0 Å². The van der Waals surface area contributed by atoms with Crippen LogP contribution in [0.15, 0.2) is 18.2 Å². The molecular formula is C14H23NO2. The molecule has 2 atom stereocenters. The fraction of sp³-hybridized carbons (Fsp3) is 0.571. The minimum Gasteiger partial charge on any atom is -0.496 e. The van der Waals surface area contributed by atoms with Crippen molar-refractivity contribution in [2.45, 2.75) is 32.9 Å². The highest BCUT2D eigenvalue weighted by Gasteiger charge is 2.21. The quantitative estimate of drug-likeness (QED) is 0.825. The van der Waals surface area contributed by atoms with Gasteiger partial charge in [0.25, 0.3) is 0 Å². The summed E-state index contributed by atoms with van der Waals surface area (Å²) in [5.74, 6) is 0.908. The highest BCUT2D eigenvalue weighted by atomic mass is 16.5. The van der Waals surface area contributed by atoms with Crippen LogP contribution in [0.5, 0.6) is 5.75 Å². The average Bonchev–Trinajstić information content (AvgIpc) is 2.35. The van der Waals surface area contributed by atoms with Gasteiger partial charge in [-0.25, -0.2) is 0 Å². The number of nitrogens with one attached hydrogen (secondary N) is 1. The third kappa shape index (κ3) is 3.45. The van der Waals surface area contributed by atoms with Crippen molar-refractivity contribution in [2.75, 3.05) is 20.8 Å². The highest BCUT2D eigenvalue weighted by molar-refractivity contribution is 5.39. The minimum atomic E-state index is 0.102. The SMILES string of the molecule is CCNC(c1cc(C)ccc1OC)C(C)OC. The lowest BCUT2D eigenvalue weighted by atomic mass is 9.99. The Labute approximate surface area is 104 Å². The molecule has 0 aliphatic heterocycles. The molecule has 0 aliphatic carbocycles. The number of methoxy groups -OCH3 is 2. The molecule has 0 fully saturated rings. The number of likely N-dealkylation sites (N-methyl/N-ethyl adjacent to an activating group) is 1. The molecule has 3 heteroatoms. The van der Waals surface area contributed by atoms with Crippen molar-refractivity contribution in [3.63, 3.8) is 0 Å². The predicted octanol–water partition coefficient (Wildman–Crippen LogP) is 2.69. The second-order valence-corrected chi connectivity index (χ2v) is 4.22. The van der Waals surface area contributed by atoms with Gasteiger partial charge in [-0.1, -0.05) is 24.6 Å². The fourth-order valence-corrected chi connectivity index (χ4v) is 1.98. The molecule has 0 amide bonds. The zero-order chi connectivity index (χ0) is 12.8. The maximum Gasteiger partial charge on any atom is 0.123 e. The van der Waals surface area contributed by atoms with Crippen LogP contribution in [0.4, 0.5) is 0 Å². The topological polar surface area (TPSA) is 30.5 Å². The normalized spacial score (nSPS) is 14.4. The molecule has 0 spiro atoms. The van der Waals surface area contributed by atoms with Crippen molar-refractivity contribution in [1.82, 2.24) is 5.32 Å². The third-order valence-corrected chi connectivity index (χ3v) is 2.99. The average molecular weight is 237 g/mol. The molecule has 1 N–H and O–H groups in total. The van der Waals surface area contributed by atoms with Crippen LogP contribution in [0.2, 0.25) is 0 Å². The molecule has 0 radical (unpaired) electrons. The van der Waals surface area contributed by atoms with Crippen LogP contribution in [-0.2, 0) is 4.74 Å². The number of benzene rings is 1. The Morgan fingerprint density at radius 3 is 2.53 bits per heavy atom. The molecule has 2 unspecified atom stereocenters. The van der Waals surface area contributed by atoms with E-state index in [1.165, 1.54) is 5.56 Å². The molecule has 96 valence electrons. The van der Waals surface area contributed by atoms with E-state index in [9.17, 15) is 0 Å². The van der Waals surface area contributed by atoms with Crippen LogP contribution < -0.4 is 10.1 Å². The summed E-state index contributed by atoms with van der Waals surface area (Å²) < 4.78 is 10.9. The Kier molecular flexibility index (Phi) is 5.45. The summed E-state index contributed by atoms with van der Waals surface area (Å²) in [5.41, 5.74) is 2.38. The number of hydrogen-bond acceptors (Lipinski definition) is 3. The van der Waals surface area contributed by atoms with Crippen molar-refractivity contribution >= 4 is 0 Å². The Bertz CT molecular complexity index is 352. The van der Waals surface area contributed by atoms with Crippen LogP contribution in [0, 0.1) is 6.92 Å². The lowest BCUT2D eigenvalue weighted by Crippen LogP contribution is -2.31. The molecule has 0 saturated carbocycles. The number of rotatable bonds is 6. The fourth-order valence-electron chi connectivity index (χ4n) is 1.98. The van der Waals surface area contributed by atoms with Gasteiger partial charge in [-0.3, -0.25) is 0 Å². The van der Waals surface area contributed by atoms with Crippen LogP contribution in [-0.4, -0.2) is 26.9 Å². The number of aryl methyl sites for hydroxylation is 1. The molecule has 17 heavy (non-hydrogen) atoms. The van der Waals surface area contributed by atoms with Crippen molar-refractivity contribution in [1.29, 1.82) is 0 Å². The van der Waals surface area contributed by atoms with Gasteiger partial charge in [0.2, 0.25) is 0 Å². The molecule has 3 nitrogen and oxygen atoms in total. The number of hydrogen-bond donors (Lipinski definition) is 1. The first-order valence-electron chi connectivity index (χ1n) is 6.04. The lowest BCUT2D eigenvalue weighted by molar-refractivity contribution is 0.0826. The van der Waals surface area contributed by atoms with Gasteiger partial charge < -0.3 is 14.8 Å². The first-order valence-corrected chi connectivity index (χ1v) is 6.04. The Hall–Kier alpha value is -1.06. The molecule has 1 aromatic carbocycles. The highest BCUT2D eigenvalue weighted by Crippen LogP contribution is 2.29. The molecule has 1 aromatic rings. The minimum absolute atomic E-state index is 0.102. The Morgan fingerprint density at radius 1 is 1.29 bits per heavy atom. The Balaban J connectivity index is 3.11. The summed E-state index contributed by atoms with van der Waals surface area (Å²) in [6.07, 6.45) is 0.102. The maximum atomic E-state index is 5.44. The van der Waals surface area contributed by atoms with E-state index in [2.05, 4.69) is 38.2 Å². The van der Waals surface area contributed by atoms with Crippen molar-refractivity contribution in [3.05, 3.63) is 29.3 Å². The zero-order valence-electron chi connectivity index (χ0n) is 11.4. The van der Waals surface area contributed by atoms with Crippen LogP contribution in [0.3, 0.4) is 0 Å². The van der Waals surface area contributed by atoms with E-state index < -0.39 is 0 Å². The largest absolute Gasteiger partial charge is 0.496 e. The molecule has 0 aromatic heterocycles. The summed E-state index contributed by atoms with van der Waals surface area (Å²) in [6.45, 7) is 7.14. The van der Waals surface area contributed by atoms with Gasteiger partial charge in [0, 0.05) is 12.7 Å². The molecule has 0 heterocycles. The summed E-state index contributed by atoms with van der Waals surface area (Å²) >= 11 is 0. The molecule has 0 bridgehead atoms. The summed E-state index contributed by atoms with van der Waals surface area (Å²) in [4.78, 5) is 0. The van der Waals surface area contributed by atoms with Gasteiger partial charge in [0.05, 0.1) is 19.3 Å². The van der Waals surface area contributed by atoms with Gasteiger partial charge in [0.15, 0.2) is 0 Å². The Morgan fingerprint density at radius 2 is 2.00 bits per heavy atom. The second kappa shape index (κ2) is 6.62. The van der Waals surface area contributed by atoms with Crippen molar-refractivity contribution in [3.8, 4) is 5.75 Å². The van der Waals surface area contributed by atoms with E-state index in [1.54, 1.807) is 14.2 Å². The van der Waals surface area contributed by atoms with E-state index in [1.807, 2.05) is 6.07 Å². The van der Waals surface area contributed by atoms with Gasteiger partial charge in [0.1, 0.15) is 5.75 Å². The summed E-state index contributed by atoms with van der Waals surface area (Å²) in [5, 5.41) is 3.45. The van der Waals surface area contributed by atoms with E-state index >= 15 is 0 Å². The monoisotopic (exact) mass is 237 g/mol. The maximum absolute atomic E-state index is 5.44. The van der Waals surface area contributed by atoms with Crippen LogP contribution in [0.1, 0.15) is 31.0 Å². The summed E-state index contributed by atoms with van der Waals surface area (Å²) in [6, 6.07) is 6.38. The van der Waals surface area contributed by atoms with E-state index in [0.29, 0.717) is 0 Å². The molecule has 0 saturated heterocycles. The molecular weight excluding hydrogens is 214 g/mol. The van der Waals surface area contributed by atoms with Gasteiger partial charge >= 0.3 is 0 Å². The zero-order valence-corrected chi connectivity index (χ0v) is 11.4. The lowest BCUT2D eigenvalue weighted by Gasteiger charge is -2.26.